The van der Waals surface area contributed by atoms with Crippen molar-refractivity contribution in [3.63, 3.8) is 0 Å². The van der Waals surface area contributed by atoms with E-state index in [4.69, 9.17) is 16.3 Å². The Morgan fingerprint density at radius 2 is 2.15 bits per heavy atom. The van der Waals surface area contributed by atoms with E-state index in [9.17, 15) is 8.42 Å². The average Bonchev–Trinajstić information content (AvgIpc) is 2.71. The van der Waals surface area contributed by atoms with Gasteiger partial charge in [-0.15, -0.1) is 0 Å². The van der Waals surface area contributed by atoms with Crippen LogP contribution in [0, 0.1) is 6.92 Å². The number of hydrogen-bond donors (Lipinski definition) is 1. The van der Waals surface area contributed by atoms with Crippen LogP contribution in [0.3, 0.4) is 0 Å². The average molecular weight is 398 g/mol. The summed E-state index contributed by atoms with van der Waals surface area (Å²) in [6.07, 6.45) is 0. The lowest BCUT2D eigenvalue weighted by atomic mass is 10.3. The van der Waals surface area contributed by atoms with E-state index in [1.165, 1.54) is 7.11 Å². The third-order valence-electron chi connectivity index (χ3n) is 2.38. The maximum atomic E-state index is 12.3. The van der Waals surface area contributed by atoms with Gasteiger partial charge in [-0.1, -0.05) is 22.9 Å². The van der Waals surface area contributed by atoms with Crippen molar-refractivity contribution in [1.29, 1.82) is 0 Å². The summed E-state index contributed by atoms with van der Waals surface area (Å²) in [6, 6.07) is 4.91. The second kappa shape index (κ2) is 5.88. The van der Waals surface area contributed by atoms with E-state index in [-0.39, 0.29) is 8.68 Å². The fourth-order valence-corrected chi connectivity index (χ4v) is 4.72. The Morgan fingerprint density at radius 1 is 1.45 bits per heavy atom. The molecule has 5 nitrogen and oxygen atoms in total. The lowest BCUT2D eigenvalue weighted by Crippen LogP contribution is -2.12. The summed E-state index contributed by atoms with van der Waals surface area (Å²) in [7, 11) is -2.20. The second-order valence-corrected chi connectivity index (χ2v) is 8.11. The number of nitrogens with one attached hydrogen (secondary N) is 1. The Labute approximate surface area is 134 Å². The van der Waals surface area contributed by atoms with Crippen LogP contribution in [-0.4, -0.2) is 20.5 Å². The van der Waals surface area contributed by atoms with Gasteiger partial charge in [0.15, 0.2) is 8.68 Å². The SMILES string of the molecule is COc1cc(NS(=O)(=O)c2sc(Cl)nc2C)ccc1Br. The zero-order chi connectivity index (χ0) is 14.9. The van der Waals surface area contributed by atoms with Gasteiger partial charge in [0.1, 0.15) is 5.75 Å². The number of benzene rings is 1. The highest BCUT2D eigenvalue weighted by molar-refractivity contribution is 9.10. The molecule has 0 saturated carbocycles. The molecule has 1 heterocycles. The minimum atomic E-state index is -3.71. The first-order valence-corrected chi connectivity index (χ1v) is 8.80. The van der Waals surface area contributed by atoms with E-state index in [0.29, 0.717) is 17.1 Å². The van der Waals surface area contributed by atoms with Gasteiger partial charge in [0.05, 0.1) is 23.0 Å². The summed E-state index contributed by atoms with van der Waals surface area (Å²) >= 11 is 9.95. The summed E-state index contributed by atoms with van der Waals surface area (Å²) in [5, 5.41) is 0. The summed E-state index contributed by atoms with van der Waals surface area (Å²) < 4.78 is 33.2. The predicted molar refractivity (Wildman–Crippen MR) is 83.4 cm³/mol. The third kappa shape index (κ3) is 3.25. The van der Waals surface area contributed by atoms with Gasteiger partial charge < -0.3 is 4.74 Å². The monoisotopic (exact) mass is 396 g/mol. The van der Waals surface area contributed by atoms with Crippen LogP contribution in [0.2, 0.25) is 4.47 Å². The number of aromatic nitrogens is 1. The Morgan fingerprint density at radius 3 is 2.70 bits per heavy atom. The molecule has 0 aliphatic rings. The number of ether oxygens (including phenoxy) is 1. The zero-order valence-electron chi connectivity index (χ0n) is 10.5. The predicted octanol–water partition coefficient (Wildman–Crippen LogP) is 3.68. The number of sulfonamides is 1. The van der Waals surface area contributed by atoms with E-state index < -0.39 is 10.0 Å². The van der Waals surface area contributed by atoms with Crippen molar-refractivity contribution in [1.82, 2.24) is 4.98 Å². The number of rotatable bonds is 4. The van der Waals surface area contributed by atoms with Crippen molar-refractivity contribution in [2.45, 2.75) is 11.1 Å². The van der Waals surface area contributed by atoms with Crippen molar-refractivity contribution in [2.75, 3.05) is 11.8 Å². The molecule has 0 aliphatic heterocycles. The van der Waals surface area contributed by atoms with Crippen LogP contribution in [0.4, 0.5) is 5.69 Å². The molecule has 0 fully saturated rings. The fraction of sp³-hybridized carbons (Fsp3) is 0.182. The van der Waals surface area contributed by atoms with Gasteiger partial charge in [0.25, 0.3) is 10.0 Å². The number of nitrogens with zero attached hydrogens (tertiary/aromatic N) is 1. The van der Waals surface area contributed by atoms with Crippen LogP contribution < -0.4 is 9.46 Å². The molecule has 0 spiro atoms. The van der Waals surface area contributed by atoms with Crippen molar-refractivity contribution in [3.05, 3.63) is 32.8 Å². The van der Waals surface area contributed by atoms with Gasteiger partial charge in [0.2, 0.25) is 0 Å². The molecule has 0 amide bonds. The van der Waals surface area contributed by atoms with E-state index in [1.54, 1.807) is 25.1 Å². The normalized spacial score (nSPS) is 11.4. The molecule has 2 aromatic rings. The molecule has 9 heteroatoms. The van der Waals surface area contributed by atoms with E-state index >= 15 is 0 Å². The Bertz CT molecular complexity index is 746. The van der Waals surface area contributed by atoms with Crippen molar-refractivity contribution in [2.24, 2.45) is 0 Å². The molecule has 1 aromatic carbocycles. The summed E-state index contributed by atoms with van der Waals surface area (Å²) in [6.45, 7) is 1.60. The number of aryl methyl sites for hydroxylation is 1. The lowest BCUT2D eigenvalue weighted by Gasteiger charge is -2.09. The third-order valence-corrected chi connectivity index (χ3v) is 6.28. The quantitative estimate of drug-likeness (QED) is 0.854. The number of thiazole rings is 1. The molecule has 1 aromatic heterocycles. The van der Waals surface area contributed by atoms with Crippen molar-refractivity contribution < 1.29 is 13.2 Å². The summed E-state index contributed by atoms with van der Waals surface area (Å²) in [5.74, 6) is 0.532. The Hall–Kier alpha value is -0.830. The number of methoxy groups -OCH3 is 1. The maximum absolute atomic E-state index is 12.3. The zero-order valence-corrected chi connectivity index (χ0v) is 14.5. The number of anilines is 1. The number of halogens is 2. The number of hydrogen-bond acceptors (Lipinski definition) is 5. The molecular formula is C11H10BrClN2O3S2. The minimum absolute atomic E-state index is 0.101. The fourth-order valence-electron chi connectivity index (χ4n) is 1.52. The molecule has 0 unspecified atom stereocenters. The van der Waals surface area contributed by atoms with Gasteiger partial charge in [-0.05, 0) is 35.0 Å². The van der Waals surface area contributed by atoms with Gasteiger partial charge >= 0.3 is 0 Å². The smallest absolute Gasteiger partial charge is 0.273 e. The van der Waals surface area contributed by atoms with E-state index in [0.717, 1.165) is 15.8 Å². The molecule has 20 heavy (non-hydrogen) atoms. The van der Waals surface area contributed by atoms with E-state index in [1.807, 2.05) is 0 Å². The highest BCUT2D eigenvalue weighted by Crippen LogP contribution is 2.31. The summed E-state index contributed by atoms with van der Waals surface area (Å²) in [5.41, 5.74) is 0.769. The lowest BCUT2D eigenvalue weighted by molar-refractivity contribution is 0.412. The highest BCUT2D eigenvalue weighted by atomic mass is 79.9. The molecule has 1 N–H and O–H groups in total. The van der Waals surface area contributed by atoms with Crippen LogP contribution >= 0.6 is 38.9 Å². The van der Waals surface area contributed by atoms with Gasteiger partial charge in [-0.2, -0.15) is 0 Å². The van der Waals surface area contributed by atoms with Gasteiger partial charge in [-0.3, -0.25) is 4.72 Å². The first-order valence-electron chi connectivity index (χ1n) is 5.33. The minimum Gasteiger partial charge on any atom is -0.495 e. The first kappa shape index (κ1) is 15.6. The van der Waals surface area contributed by atoms with Gasteiger partial charge in [0, 0.05) is 6.07 Å². The van der Waals surface area contributed by atoms with Crippen molar-refractivity contribution >= 4 is 54.6 Å². The van der Waals surface area contributed by atoms with Gasteiger partial charge in [-0.25, -0.2) is 13.4 Å². The highest BCUT2D eigenvalue weighted by Gasteiger charge is 2.21. The Balaban J connectivity index is 2.36. The largest absolute Gasteiger partial charge is 0.495 e. The van der Waals surface area contributed by atoms with Crippen LogP contribution in [-0.2, 0) is 10.0 Å². The van der Waals surface area contributed by atoms with Crippen LogP contribution in [0.5, 0.6) is 5.75 Å². The second-order valence-electron chi connectivity index (χ2n) is 3.79. The molecule has 0 radical (unpaired) electrons. The Kier molecular flexibility index (Phi) is 4.58. The van der Waals surface area contributed by atoms with Crippen LogP contribution in [0.15, 0.2) is 26.9 Å². The molecule has 0 atom stereocenters. The molecule has 108 valence electrons. The van der Waals surface area contributed by atoms with Crippen molar-refractivity contribution in [3.8, 4) is 5.75 Å². The van der Waals surface area contributed by atoms with Crippen LogP contribution in [0.1, 0.15) is 5.69 Å². The molecule has 0 bridgehead atoms. The molecular weight excluding hydrogens is 388 g/mol. The standard InChI is InChI=1S/C11H10BrClN2O3S2/c1-6-10(19-11(13)14-6)20(16,17)15-7-3-4-8(12)9(5-7)18-2/h3-5,15H,1-2H3. The summed E-state index contributed by atoms with van der Waals surface area (Å²) in [4.78, 5) is 3.90. The first-order chi connectivity index (χ1) is 9.33. The van der Waals surface area contributed by atoms with Crippen LogP contribution in [0.25, 0.3) is 0 Å². The molecule has 0 aliphatic carbocycles. The topological polar surface area (TPSA) is 68.3 Å². The maximum Gasteiger partial charge on any atom is 0.273 e. The molecule has 0 saturated heterocycles. The molecule has 2 rings (SSSR count). The van der Waals surface area contributed by atoms with E-state index in [2.05, 4.69) is 25.6 Å².